The Balaban J connectivity index is 1.79. The Morgan fingerprint density at radius 3 is 2.75 bits per heavy atom. The first-order valence-electron chi connectivity index (χ1n) is 7.98. The van der Waals surface area contributed by atoms with Gasteiger partial charge in [-0.15, -0.1) is 0 Å². The fraction of sp³-hybridized carbons (Fsp3) is 0.105. The number of nitrogens with one attached hydrogen (secondary N) is 1. The lowest BCUT2D eigenvalue weighted by atomic mass is 10.1. The number of rotatable bonds is 7. The highest BCUT2D eigenvalue weighted by molar-refractivity contribution is 6.34. The number of hydrogen-bond donors (Lipinski definition) is 1. The van der Waals surface area contributed by atoms with E-state index in [1.54, 1.807) is 24.3 Å². The second-order valence-corrected chi connectivity index (χ2v) is 5.82. The van der Waals surface area contributed by atoms with Crippen molar-refractivity contribution in [3.8, 4) is 6.07 Å². The molecule has 2 rings (SSSR count). The highest BCUT2D eigenvalue weighted by atomic mass is 35.5. The van der Waals surface area contributed by atoms with Gasteiger partial charge in [0.1, 0.15) is 6.61 Å². The van der Waals surface area contributed by atoms with Crippen molar-refractivity contribution in [3.63, 3.8) is 0 Å². The summed E-state index contributed by atoms with van der Waals surface area (Å²) in [5.74, 6) is -1.15. The predicted molar refractivity (Wildman–Crippen MR) is 102 cm³/mol. The van der Waals surface area contributed by atoms with E-state index in [4.69, 9.17) is 21.6 Å². The number of nitro groups is 1. The van der Waals surface area contributed by atoms with E-state index in [1.165, 1.54) is 24.3 Å². The number of carbonyl (C=O) groups excluding carboxylic acids is 2. The third-order valence-corrected chi connectivity index (χ3v) is 3.78. The summed E-state index contributed by atoms with van der Waals surface area (Å²) in [5.41, 5.74) is 1.01. The van der Waals surface area contributed by atoms with Crippen molar-refractivity contribution in [3.05, 3.63) is 80.4 Å². The molecule has 0 spiro atoms. The third-order valence-electron chi connectivity index (χ3n) is 3.47. The number of amides is 1. The van der Waals surface area contributed by atoms with Gasteiger partial charge in [0.2, 0.25) is 0 Å². The first-order valence-corrected chi connectivity index (χ1v) is 8.35. The number of benzene rings is 2. The van der Waals surface area contributed by atoms with Crippen LogP contribution in [0.3, 0.4) is 0 Å². The Labute approximate surface area is 165 Å². The van der Waals surface area contributed by atoms with Gasteiger partial charge in [0, 0.05) is 18.2 Å². The van der Waals surface area contributed by atoms with Crippen molar-refractivity contribution in [2.75, 3.05) is 13.2 Å². The molecule has 0 heterocycles. The number of non-ortho nitro benzene ring substituents is 1. The van der Waals surface area contributed by atoms with E-state index in [-0.39, 0.29) is 29.4 Å². The molecule has 0 unspecified atom stereocenters. The first kappa shape index (κ1) is 20.6. The molecule has 0 fully saturated rings. The number of hydrogen-bond acceptors (Lipinski definition) is 6. The molecule has 0 aliphatic carbocycles. The zero-order valence-corrected chi connectivity index (χ0v) is 15.2. The minimum Gasteiger partial charge on any atom is -0.461 e. The average Bonchev–Trinajstić information content (AvgIpc) is 2.69. The van der Waals surface area contributed by atoms with Crippen LogP contribution in [0, 0.1) is 21.4 Å². The molecule has 0 atom stereocenters. The Morgan fingerprint density at radius 2 is 2.07 bits per heavy atom. The molecular formula is C19H14ClN3O5. The van der Waals surface area contributed by atoms with Crippen LogP contribution >= 0.6 is 11.6 Å². The van der Waals surface area contributed by atoms with Gasteiger partial charge in [-0.25, -0.2) is 4.79 Å². The lowest BCUT2D eigenvalue weighted by molar-refractivity contribution is -0.384. The van der Waals surface area contributed by atoms with Crippen molar-refractivity contribution in [2.45, 2.75) is 0 Å². The molecule has 2 aromatic carbocycles. The summed E-state index contributed by atoms with van der Waals surface area (Å²) in [5, 5.41) is 21.9. The van der Waals surface area contributed by atoms with Crippen LogP contribution in [0.5, 0.6) is 0 Å². The van der Waals surface area contributed by atoms with Gasteiger partial charge in [0.15, 0.2) is 0 Å². The van der Waals surface area contributed by atoms with Crippen LogP contribution < -0.4 is 5.32 Å². The molecule has 1 N–H and O–H groups in total. The standard InChI is InChI=1S/C19H14ClN3O5/c20-17-11-15(23(26)27)5-6-16(17)19(25)22-8-9-28-18(24)7-4-13-2-1-3-14(10-13)12-21/h1-7,10-11H,8-9H2,(H,22,25)/b7-4+. The van der Waals surface area contributed by atoms with Crippen LogP contribution in [0.15, 0.2) is 48.5 Å². The van der Waals surface area contributed by atoms with Crippen molar-refractivity contribution >= 4 is 35.2 Å². The molecule has 0 radical (unpaired) electrons. The normalized spacial score (nSPS) is 10.3. The van der Waals surface area contributed by atoms with E-state index in [1.807, 2.05) is 6.07 Å². The summed E-state index contributed by atoms with van der Waals surface area (Å²) >= 11 is 5.87. The second-order valence-electron chi connectivity index (χ2n) is 5.42. The Kier molecular flexibility index (Phi) is 7.25. The molecule has 142 valence electrons. The van der Waals surface area contributed by atoms with Crippen molar-refractivity contribution in [1.29, 1.82) is 5.26 Å². The molecule has 0 saturated heterocycles. The van der Waals surface area contributed by atoms with E-state index in [2.05, 4.69) is 5.32 Å². The predicted octanol–water partition coefficient (Wildman–Crippen LogP) is 3.11. The van der Waals surface area contributed by atoms with Crippen LogP contribution in [0.2, 0.25) is 5.02 Å². The van der Waals surface area contributed by atoms with Gasteiger partial charge in [-0.2, -0.15) is 5.26 Å². The number of nitro benzene ring substituents is 1. The third kappa shape index (κ3) is 5.93. The van der Waals surface area contributed by atoms with Gasteiger partial charge >= 0.3 is 5.97 Å². The maximum Gasteiger partial charge on any atom is 0.330 e. The molecular weight excluding hydrogens is 386 g/mol. The smallest absolute Gasteiger partial charge is 0.330 e. The summed E-state index contributed by atoms with van der Waals surface area (Å²) < 4.78 is 4.96. The summed E-state index contributed by atoms with van der Waals surface area (Å²) in [6, 6.07) is 12.2. The number of halogens is 1. The van der Waals surface area contributed by atoms with Gasteiger partial charge in [-0.1, -0.05) is 23.7 Å². The number of nitrogens with zero attached hydrogens (tertiary/aromatic N) is 2. The lowest BCUT2D eigenvalue weighted by Gasteiger charge is -2.07. The van der Waals surface area contributed by atoms with Gasteiger partial charge < -0.3 is 10.1 Å². The quantitative estimate of drug-likeness (QED) is 0.251. The summed E-state index contributed by atoms with van der Waals surface area (Å²) in [4.78, 5) is 33.7. The van der Waals surface area contributed by atoms with E-state index in [0.717, 1.165) is 6.07 Å². The monoisotopic (exact) mass is 399 g/mol. The minimum absolute atomic E-state index is 0.0373. The first-order chi connectivity index (χ1) is 13.4. The Morgan fingerprint density at radius 1 is 1.29 bits per heavy atom. The fourth-order valence-electron chi connectivity index (χ4n) is 2.14. The largest absolute Gasteiger partial charge is 0.461 e. The Hall–Kier alpha value is -3.70. The topological polar surface area (TPSA) is 122 Å². The molecule has 2 aromatic rings. The lowest BCUT2D eigenvalue weighted by Crippen LogP contribution is -2.28. The van der Waals surface area contributed by atoms with E-state index in [9.17, 15) is 19.7 Å². The second kappa shape index (κ2) is 9.85. The molecule has 0 aliphatic heterocycles. The van der Waals surface area contributed by atoms with Crippen LogP contribution in [-0.4, -0.2) is 30.0 Å². The maximum absolute atomic E-state index is 12.0. The SMILES string of the molecule is N#Cc1cccc(/C=C/C(=O)OCCNC(=O)c2ccc([N+](=O)[O-])cc2Cl)c1. The van der Waals surface area contributed by atoms with Gasteiger partial charge in [-0.3, -0.25) is 14.9 Å². The molecule has 1 amide bonds. The van der Waals surface area contributed by atoms with E-state index >= 15 is 0 Å². The highest BCUT2D eigenvalue weighted by Gasteiger charge is 2.14. The maximum atomic E-state index is 12.0. The Bertz CT molecular complexity index is 982. The molecule has 9 heteroatoms. The average molecular weight is 400 g/mol. The van der Waals surface area contributed by atoms with Crippen LogP contribution in [-0.2, 0) is 9.53 Å². The van der Waals surface area contributed by atoms with E-state index in [0.29, 0.717) is 11.1 Å². The molecule has 0 saturated carbocycles. The van der Waals surface area contributed by atoms with Gasteiger partial charge in [0.05, 0.1) is 33.7 Å². The molecule has 0 aromatic heterocycles. The van der Waals surface area contributed by atoms with Crippen molar-refractivity contribution in [2.24, 2.45) is 0 Å². The van der Waals surface area contributed by atoms with Crippen LogP contribution in [0.1, 0.15) is 21.5 Å². The minimum atomic E-state index is -0.614. The number of carbonyl (C=O) groups is 2. The molecule has 0 bridgehead atoms. The fourth-order valence-corrected chi connectivity index (χ4v) is 2.40. The number of esters is 1. The van der Waals surface area contributed by atoms with Crippen LogP contribution in [0.25, 0.3) is 6.08 Å². The van der Waals surface area contributed by atoms with E-state index < -0.39 is 16.8 Å². The molecule has 28 heavy (non-hydrogen) atoms. The number of ether oxygens (including phenoxy) is 1. The number of nitriles is 1. The molecule has 0 aliphatic rings. The summed E-state index contributed by atoms with van der Waals surface area (Å²) in [6.07, 6.45) is 2.73. The van der Waals surface area contributed by atoms with Crippen LogP contribution in [0.4, 0.5) is 5.69 Å². The summed E-state index contributed by atoms with van der Waals surface area (Å²) in [7, 11) is 0. The van der Waals surface area contributed by atoms with Crippen molar-refractivity contribution in [1.82, 2.24) is 5.32 Å². The van der Waals surface area contributed by atoms with Gasteiger partial charge in [-0.05, 0) is 29.8 Å². The van der Waals surface area contributed by atoms with Crippen molar-refractivity contribution < 1.29 is 19.2 Å². The zero-order chi connectivity index (χ0) is 20.5. The summed E-state index contributed by atoms with van der Waals surface area (Å²) in [6.45, 7) is -0.0343. The highest BCUT2D eigenvalue weighted by Crippen LogP contribution is 2.22. The molecule has 8 nitrogen and oxygen atoms in total. The van der Waals surface area contributed by atoms with Gasteiger partial charge in [0.25, 0.3) is 11.6 Å². The zero-order valence-electron chi connectivity index (χ0n) is 14.4.